The number of carbonyl (C=O) groups excluding carboxylic acids is 2. The van der Waals surface area contributed by atoms with Gasteiger partial charge < -0.3 is 19.7 Å². The van der Waals surface area contributed by atoms with E-state index in [-0.39, 0.29) is 12.0 Å². The Balaban J connectivity index is 1.59. The summed E-state index contributed by atoms with van der Waals surface area (Å²) in [4.78, 5) is 32.3. The smallest absolute Gasteiger partial charge is 0.409 e. The normalized spacial score (nSPS) is 17.7. The molecule has 1 saturated heterocycles. The number of fused-ring (bicyclic) bond motifs is 1. The Labute approximate surface area is 147 Å². The molecule has 1 fully saturated rings. The van der Waals surface area contributed by atoms with Gasteiger partial charge in [-0.05, 0) is 17.5 Å². The van der Waals surface area contributed by atoms with Gasteiger partial charge in [0.2, 0.25) is 0 Å². The minimum absolute atomic E-state index is 0.107. The van der Waals surface area contributed by atoms with Gasteiger partial charge in [-0.1, -0.05) is 0 Å². The third-order valence-electron chi connectivity index (χ3n) is 4.63. The SMILES string of the molecule is COC(=O)N1CCc2c(cncc2C(=O)NCCN2CCOCC2)C1. The molecule has 0 aromatic carbocycles. The lowest BCUT2D eigenvalue weighted by Gasteiger charge is -2.28. The van der Waals surface area contributed by atoms with Crippen molar-refractivity contribution >= 4 is 12.0 Å². The second-order valence-corrected chi connectivity index (χ2v) is 6.18. The van der Waals surface area contributed by atoms with Crippen LogP contribution in [0.1, 0.15) is 21.5 Å². The van der Waals surface area contributed by atoms with Gasteiger partial charge in [0.15, 0.2) is 0 Å². The summed E-state index contributed by atoms with van der Waals surface area (Å²) < 4.78 is 10.1. The van der Waals surface area contributed by atoms with Gasteiger partial charge in [0.1, 0.15) is 0 Å². The lowest BCUT2D eigenvalue weighted by molar-refractivity contribution is 0.0383. The van der Waals surface area contributed by atoms with Crippen LogP contribution in [-0.4, -0.2) is 79.8 Å². The highest BCUT2D eigenvalue weighted by Crippen LogP contribution is 2.22. The Kier molecular flexibility index (Phi) is 5.83. The van der Waals surface area contributed by atoms with Crippen molar-refractivity contribution in [3.8, 4) is 0 Å². The molecule has 3 rings (SSSR count). The number of nitrogens with zero attached hydrogens (tertiary/aromatic N) is 3. The van der Waals surface area contributed by atoms with E-state index in [0.717, 1.165) is 44.0 Å². The van der Waals surface area contributed by atoms with Crippen molar-refractivity contribution in [1.82, 2.24) is 20.1 Å². The van der Waals surface area contributed by atoms with E-state index in [1.165, 1.54) is 7.11 Å². The molecule has 0 radical (unpaired) electrons. The third kappa shape index (κ3) is 4.26. The molecule has 0 atom stereocenters. The number of ether oxygens (including phenoxy) is 2. The lowest BCUT2D eigenvalue weighted by Crippen LogP contribution is -2.41. The van der Waals surface area contributed by atoms with Crippen LogP contribution >= 0.6 is 0 Å². The monoisotopic (exact) mass is 348 g/mol. The summed E-state index contributed by atoms with van der Waals surface area (Å²) in [5.74, 6) is -0.107. The molecule has 0 unspecified atom stereocenters. The van der Waals surface area contributed by atoms with E-state index in [4.69, 9.17) is 9.47 Å². The fourth-order valence-electron chi connectivity index (χ4n) is 3.22. The number of amides is 2. The molecule has 2 amide bonds. The molecule has 136 valence electrons. The Morgan fingerprint density at radius 1 is 1.28 bits per heavy atom. The zero-order valence-corrected chi connectivity index (χ0v) is 14.5. The molecule has 2 aliphatic rings. The predicted molar refractivity (Wildman–Crippen MR) is 90.3 cm³/mol. The molecule has 3 heterocycles. The fraction of sp³-hybridized carbons (Fsp3) is 0.588. The molecule has 2 aliphatic heterocycles. The molecular formula is C17H24N4O4. The Morgan fingerprint density at radius 2 is 2.08 bits per heavy atom. The maximum Gasteiger partial charge on any atom is 0.409 e. The summed E-state index contributed by atoms with van der Waals surface area (Å²) in [6.45, 7) is 5.68. The van der Waals surface area contributed by atoms with Crippen molar-refractivity contribution in [3.63, 3.8) is 0 Å². The minimum atomic E-state index is -0.356. The zero-order valence-electron chi connectivity index (χ0n) is 14.5. The molecule has 8 nitrogen and oxygen atoms in total. The van der Waals surface area contributed by atoms with Crippen molar-refractivity contribution in [2.45, 2.75) is 13.0 Å². The first-order valence-electron chi connectivity index (χ1n) is 8.56. The van der Waals surface area contributed by atoms with Gasteiger partial charge >= 0.3 is 6.09 Å². The number of rotatable bonds is 4. The van der Waals surface area contributed by atoms with Crippen molar-refractivity contribution in [1.29, 1.82) is 0 Å². The number of carbonyl (C=O) groups is 2. The average Bonchev–Trinajstić information content (AvgIpc) is 2.67. The Hall–Kier alpha value is -2.19. The predicted octanol–water partition coefficient (Wildman–Crippen LogP) is 0.268. The molecule has 0 bridgehead atoms. The number of hydrogen-bond donors (Lipinski definition) is 1. The summed E-state index contributed by atoms with van der Waals surface area (Å²) in [7, 11) is 1.37. The van der Waals surface area contributed by atoms with Crippen LogP contribution in [0.15, 0.2) is 12.4 Å². The lowest BCUT2D eigenvalue weighted by atomic mass is 9.97. The van der Waals surface area contributed by atoms with Crippen LogP contribution in [0.3, 0.4) is 0 Å². The number of pyridine rings is 1. The second kappa shape index (κ2) is 8.26. The van der Waals surface area contributed by atoms with Crippen LogP contribution < -0.4 is 5.32 Å². The van der Waals surface area contributed by atoms with Gasteiger partial charge in [-0.3, -0.25) is 14.7 Å². The van der Waals surface area contributed by atoms with E-state index in [1.54, 1.807) is 17.3 Å². The van der Waals surface area contributed by atoms with Crippen molar-refractivity contribution < 1.29 is 19.1 Å². The van der Waals surface area contributed by atoms with Gasteiger partial charge in [0, 0.05) is 45.1 Å². The first-order valence-corrected chi connectivity index (χ1v) is 8.56. The first-order chi connectivity index (χ1) is 12.2. The van der Waals surface area contributed by atoms with Gasteiger partial charge in [-0.2, -0.15) is 0 Å². The average molecular weight is 348 g/mol. The van der Waals surface area contributed by atoms with E-state index < -0.39 is 0 Å². The third-order valence-corrected chi connectivity index (χ3v) is 4.63. The largest absolute Gasteiger partial charge is 0.453 e. The maximum absolute atomic E-state index is 12.5. The maximum atomic E-state index is 12.5. The molecule has 25 heavy (non-hydrogen) atoms. The molecule has 8 heteroatoms. The van der Waals surface area contributed by atoms with Crippen molar-refractivity contribution in [2.75, 3.05) is 53.0 Å². The summed E-state index contributed by atoms with van der Waals surface area (Å²) in [5, 5.41) is 2.97. The van der Waals surface area contributed by atoms with Gasteiger partial charge in [-0.25, -0.2) is 4.79 Å². The first kappa shape index (κ1) is 17.6. The van der Waals surface area contributed by atoms with E-state index in [0.29, 0.717) is 31.6 Å². The number of methoxy groups -OCH3 is 1. The summed E-state index contributed by atoms with van der Waals surface area (Å²) in [6, 6.07) is 0. The summed E-state index contributed by atoms with van der Waals surface area (Å²) in [6.07, 6.45) is 3.59. The minimum Gasteiger partial charge on any atom is -0.453 e. The molecule has 1 N–H and O–H groups in total. The standard InChI is InChI=1S/C17H24N4O4/c1-24-17(23)21-4-2-14-13(12-21)10-18-11-15(14)16(22)19-3-5-20-6-8-25-9-7-20/h10-11H,2-9,12H2,1H3,(H,19,22). The van der Waals surface area contributed by atoms with E-state index >= 15 is 0 Å². The van der Waals surface area contributed by atoms with Crippen molar-refractivity contribution in [2.24, 2.45) is 0 Å². The molecule has 1 aromatic heterocycles. The Morgan fingerprint density at radius 3 is 2.84 bits per heavy atom. The van der Waals surface area contributed by atoms with Gasteiger partial charge in [0.25, 0.3) is 5.91 Å². The summed E-state index contributed by atoms with van der Waals surface area (Å²) >= 11 is 0. The molecule has 1 aromatic rings. The van der Waals surface area contributed by atoms with E-state index in [9.17, 15) is 9.59 Å². The van der Waals surface area contributed by atoms with E-state index in [2.05, 4.69) is 15.2 Å². The number of aromatic nitrogens is 1. The highest BCUT2D eigenvalue weighted by Gasteiger charge is 2.25. The molecule has 0 spiro atoms. The fourth-order valence-corrected chi connectivity index (χ4v) is 3.22. The second-order valence-electron chi connectivity index (χ2n) is 6.18. The topological polar surface area (TPSA) is 84.0 Å². The number of nitrogens with one attached hydrogen (secondary N) is 1. The zero-order chi connectivity index (χ0) is 17.6. The quantitative estimate of drug-likeness (QED) is 0.841. The number of hydrogen-bond acceptors (Lipinski definition) is 6. The van der Waals surface area contributed by atoms with Gasteiger partial charge in [-0.15, -0.1) is 0 Å². The highest BCUT2D eigenvalue weighted by atomic mass is 16.5. The number of morpholine rings is 1. The van der Waals surface area contributed by atoms with Crippen LogP contribution in [0.5, 0.6) is 0 Å². The van der Waals surface area contributed by atoms with Crippen molar-refractivity contribution in [3.05, 3.63) is 29.1 Å². The molecule has 0 aliphatic carbocycles. The van der Waals surface area contributed by atoms with Crippen LogP contribution in [0, 0.1) is 0 Å². The molecule has 0 saturated carbocycles. The van der Waals surface area contributed by atoms with Crippen LogP contribution in [0.4, 0.5) is 4.79 Å². The molecular weight excluding hydrogens is 324 g/mol. The summed E-state index contributed by atoms with van der Waals surface area (Å²) in [5.41, 5.74) is 2.47. The van der Waals surface area contributed by atoms with Gasteiger partial charge in [0.05, 0.1) is 32.4 Å². The highest BCUT2D eigenvalue weighted by molar-refractivity contribution is 5.95. The van der Waals surface area contributed by atoms with Crippen LogP contribution in [-0.2, 0) is 22.4 Å². The Bertz CT molecular complexity index is 631. The van der Waals surface area contributed by atoms with E-state index in [1.807, 2.05) is 0 Å². The van der Waals surface area contributed by atoms with Crippen LogP contribution in [0.25, 0.3) is 0 Å². The van der Waals surface area contributed by atoms with Crippen LogP contribution in [0.2, 0.25) is 0 Å².